The Hall–Kier alpha value is -0.590. The molecule has 0 aromatic rings. The highest BCUT2D eigenvalue weighted by Crippen LogP contribution is 2.44. The fourth-order valence-corrected chi connectivity index (χ4v) is 5.51. The zero-order valence-corrected chi connectivity index (χ0v) is 14.4. The number of hydrogen-bond donors (Lipinski definition) is 0. The van der Waals surface area contributed by atoms with E-state index in [-0.39, 0.29) is 0 Å². The monoisotopic (exact) mass is 302 g/mol. The highest BCUT2D eigenvalue weighted by atomic mass is 16.1. The summed E-state index contributed by atoms with van der Waals surface area (Å²) in [5.41, 5.74) is 0. The van der Waals surface area contributed by atoms with Crippen LogP contribution in [0.2, 0.25) is 0 Å². The Balaban J connectivity index is 1.42. The van der Waals surface area contributed by atoms with Gasteiger partial charge in [-0.25, -0.2) is 0 Å². The van der Waals surface area contributed by atoms with Crippen LogP contribution in [0.5, 0.6) is 0 Å². The van der Waals surface area contributed by atoms with Gasteiger partial charge in [0.25, 0.3) is 0 Å². The standard InChI is InChI=1S/C21H34O/c1-2-3-16-4-6-17(7-5-16)18-8-10-19(11-9-18)20-12-14-21(22)15-13-20/h12,14,16-20H,2-11,13,15H2,1H3. The Morgan fingerprint density at radius 2 is 1.45 bits per heavy atom. The number of carbonyl (C=O) groups excluding carboxylic acids is 1. The minimum atomic E-state index is 0.341. The highest BCUT2D eigenvalue weighted by molar-refractivity contribution is 5.90. The van der Waals surface area contributed by atoms with Gasteiger partial charge in [0.15, 0.2) is 5.78 Å². The van der Waals surface area contributed by atoms with Crippen molar-refractivity contribution < 1.29 is 4.79 Å². The molecule has 2 saturated carbocycles. The molecular weight excluding hydrogens is 268 g/mol. The van der Waals surface area contributed by atoms with Gasteiger partial charge in [-0.15, -0.1) is 0 Å². The molecule has 1 nitrogen and oxygen atoms in total. The van der Waals surface area contributed by atoms with Gasteiger partial charge in [0.2, 0.25) is 0 Å². The van der Waals surface area contributed by atoms with Crippen molar-refractivity contribution in [1.29, 1.82) is 0 Å². The third-order valence-corrected chi connectivity index (χ3v) is 6.93. The molecule has 124 valence electrons. The molecule has 0 radical (unpaired) electrons. The van der Waals surface area contributed by atoms with E-state index in [9.17, 15) is 4.79 Å². The third-order valence-electron chi connectivity index (χ3n) is 6.93. The van der Waals surface area contributed by atoms with Gasteiger partial charge in [0.1, 0.15) is 0 Å². The van der Waals surface area contributed by atoms with Crippen LogP contribution < -0.4 is 0 Å². The fourth-order valence-electron chi connectivity index (χ4n) is 5.51. The second-order valence-corrected chi connectivity index (χ2v) is 8.27. The van der Waals surface area contributed by atoms with Crippen LogP contribution in [0, 0.1) is 29.6 Å². The van der Waals surface area contributed by atoms with Crippen LogP contribution in [0.4, 0.5) is 0 Å². The summed E-state index contributed by atoms with van der Waals surface area (Å²) in [4.78, 5) is 11.3. The predicted molar refractivity (Wildman–Crippen MR) is 92.7 cm³/mol. The lowest BCUT2D eigenvalue weighted by atomic mass is 9.66. The molecule has 22 heavy (non-hydrogen) atoms. The molecule has 0 aromatic carbocycles. The molecule has 3 aliphatic rings. The number of rotatable bonds is 4. The van der Waals surface area contributed by atoms with E-state index >= 15 is 0 Å². The van der Waals surface area contributed by atoms with E-state index in [2.05, 4.69) is 13.0 Å². The van der Waals surface area contributed by atoms with Crippen LogP contribution in [-0.2, 0) is 4.79 Å². The molecule has 0 amide bonds. The third kappa shape index (κ3) is 4.03. The lowest BCUT2D eigenvalue weighted by Crippen LogP contribution is -2.28. The molecule has 0 N–H and O–H groups in total. The summed E-state index contributed by atoms with van der Waals surface area (Å²) in [6.45, 7) is 2.33. The van der Waals surface area contributed by atoms with Crippen molar-refractivity contribution in [3.05, 3.63) is 12.2 Å². The Kier molecular flexibility index (Phi) is 5.77. The quantitative estimate of drug-likeness (QED) is 0.628. The van der Waals surface area contributed by atoms with E-state index in [0.717, 1.165) is 36.5 Å². The summed E-state index contributed by atoms with van der Waals surface area (Å²) in [6, 6.07) is 0. The van der Waals surface area contributed by atoms with E-state index in [1.54, 1.807) is 0 Å². The molecular formula is C21H34O. The smallest absolute Gasteiger partial charge is 0.155 e. The van der Waals surface area contributed by atoms with Gasteiger partial charge in [-0.3, -0.25) is 4.79 Å². The maximum atomic E-state index is 11.3. The first-order chi connectivity index (χ1) is 10.8. The van der Waals surface area contributed by atoms with Gasteiger partial charge in [0, 0.05) is 6.42 Å². The molecule has 1 unspecified atom stereocenters. The highest BCUT2D eigenvalue weighted by Gasteiger charge is 2.33. The van der Waals surface area contributed by atoms with E-state index in [1.807, 2.05) is 6.08 Å². The minimum Gasteiger partial charge on any atom is -0.295 e. The molecule has 0 aromatic heterocycles. The van der Waals surface area contributed by atoms with Crippen molar-refractivity contribution in [2.75, 3.05) is 0 Å². The first-order valence-electron chi connectivity index (χ1n) is 9.97. The SMILES string of the molecule is CCCC1CCC(C2CCC(C3C=CC(=O)CC3)CC2)CC1. The van der Waals surface area contributed by atoms with E-state index in [0.29, 0.717) is 11.7 Å². The average Bonchev–Trinajstić information content (AvgIpc) is 2.57. The molecule has 3 rings (SSSR count). The number of ketones is 1. The van der Waals surface area contributed by atoms with Crippen molar-refractivity contribution >= 4 is 5.78 Å². The van der Waals surface area contributed by atoms with Crippen LogP contribution >= 0.6 is 0 Å². The number of allylic oxidation sites excluding steroid dienone is 2. The predicted octanol–water partition coefficient (Wildman–Crippen LogP) is 5.93. The Morgan fingerprint density at radius 3 is 2.00 bits per heavy atom. The maximum Gasteiger partial charge on any atom is 0.155 e. The molecule has 0 heterocycles. The van der Waals surface area contributed by atoms with Crippen molar-refractivity contribution in [1.82, 2.24) is 0 Å². The van der Waals surface area contributed by atoms with Gasteiger partial charge in [0.05, 0.1) is 0 Å². The summed E-state index contributed by atoms with van der Waals surface area (Å²) in [5, 5.41) is 0. The molecule has 0 spiro atoms. The molecule has 1 atom stereocenters. The summed E-state index contributed by atoms with van der Waals surface area (Å²) >= 11 is 0. The number of hydrogen-bond acceptors (Lipinski definition) is 1. The Bertz CT molecular complexity index is 381. The first-order valence-corrected chi connectivity index (χ1v) is 9.97. The summed E-state index contributed by atoms with van der Waals surface area (Å²) in [7, 11) is 0. The minimum absolute atomic E-state index is 0.341. The van der Waals surface area contributed by atoms with Crippen molar-refractivity contribution in [3.63, 3.8) is 0 Å². The molecule has 1 heteroatoms. The fraction of sp³-hybridized carbons (Fsp3) is 0.857. The van der Waals surface area contributed by atoms with Gasteiger partial charge < -0.3 is 0 Å². The zero-order chi connectivity index (χ0) is 15.4. The molecule has 0 aliphatic heterocycles. The average molecular weight is 303 g/mol. The Labute approximate surface area is 136 Å². The summed E-state index contributed by atoms with van der Waals surface area (Å²) in [5.74, 6) is 5.03. The van der Waals surface area contributed by atoms with Crippen LogP contribution in [0.3, 0.4) is 0 Å². The maximum absolute atomic E-state index is 11.3. The van der Waals surface area contributed by atoms with Crippen molar-refractivity contribution in [2.45, 2.75) is 84.0 Å². The number of carbonyl (C=O) groups is 1. The van der Waals surface area contributed by atoms with Gasteiger partial charge >= 0.3 is 0 Å². The van der Waals surface area contributed by atoms with Crippen LogP contribution in [0.1, 0.15) is 84.0 Å². The topological polar surface area (TPSA) is 17.1 Å². The molecule has 2 fully saturated rings. The summed E-state index contributed by atoms with van der Waals surface area (Å²) < 4.78 is 0. The lowest BCUT2D eigenvalue weighted by molar-refractivity contribution is -0.115. The Morgan fingerprint density at radius 1 is 0.864 bits per heavy atom. The largest absolute Gasteiger partial charge is 0.295 e. The summed E-state index contributed by atoms with van der Waals surface area (Å²) in [6.07, 6.45) is 20.6. The zero-order valence-electron chi connectivity index (χ0n) is 14.4. The van der Waals surface area contributed by atoms with Crippen LogP contribution in [0.15, 0.2) is 12.2 Å². The molecule has 0 bridgehead atoms. The van der Waals surface area contributed by atoms with E-state index in [4.69, 9.17) is 0 Å². The van der Waals surface area contributed by atoms with Gasteiger partial charge in [-0.1, -0.05) is 38.7 Å². The molecule has 3 aliphatic carbocycles. The van der Waals surface area contributed by atoms with E-state index in [1.165, 1.54) is 64.2 Å². The first kappa shape index (κ1) is 16.3. The van der Waals surface area contributed by atoms with Crippen molar-refractivity contribution in [2.24, 2.45) is 29.6 Å². The molecule has 0 saturated heterocycles. The van der Waals surface area contributed by atoms with Crippen LogP contribution in [0.25, 0.3) is 0 Å². The lowest BCUT2D eigenvalue weighted by Gasteiger charge is -2.39. The van der Waals surface area contributed by atoms with Gasteiger partial charge in [-0.2, -0.15) is 0 Å². The van der Waals surface area contributed by atoms with E-state index < -0.39 is 0 Å². The normalized spacial score (nSPS) is 39.9. The van der Waals surface area contributed by atoms with Crippen molar-refractivity contribution in [3.8, 4) is 0 Å². The van der Waals surface area contributed by atoms with Gasteiger partial charge in [-0.05, 0) is 80.6 Å². The second kappa shape index (κ2) is 7.79. The second-order valence-electron chi connectivity index (χ2n) is 8.27. The van der Waals surface area contributed by atoms with Crippen LogP contribution in [-0.4, -0.2) is 5.78 Å².